The average Bonchev–Trinajstić information content (AvgIpc) is 3.69. The summed E-state index contributed by atoms with van der Waals surface area (Å²) in [5.74, 6) is -0.171. The van der Waals surface area contributed by atoms with E-state index in [0.29, 0.717) is 0 Å². The van der Waals surface area contributed by atoms with Gasteiger partial charge in [0.05, 0.1) is 25.9 Å². The molecule has 0 radical (unpaired) electrons. The fraction of sp³-hybridized carbons (Fsp3) is 0.500. The summed E-state index contributed by atoms with van der Waals surface area (Å²) in [6.07, 6.45) is -8.05. The molecule has 4 aromatic heterocycles. The first-order valence-electron chi connectivity index (χ1n) is 12.3. The quantitative estimate of drug-likeness (QED) is 0.0894. The molecular weight excluding hydrogens is 587 g/mol. The van der Waals surface area contributed by atoms with Crippen molar-refractivity contribution in [3.8, 4) is 0 Å². The highest BCUT2D eigenvalue weighted by molar-refractivity contribution is 7.47. The average molecular weight is 612 g/mol. The van der Waals surface area contributed by atoms with E-state index in [1.807, 2.05) is 0 Å². The third-order valence-electron chi connectivity index (χ3n) is 6.87. The van der Waals surface area contributed by atoms with E-state index >= 15 is 0 Å². The maximum Gasteiger partial charge on any atom is 0.472 e. The zero-order valence-corrected chi connectivity index (χ0v) is 22.1. The number of nitrogens with two attached hydrogens (primary N) is 2. The lowest BCUT2D eigenvalue weighted by molar-refractivity contribution is -0.0615. The zero-order valence-electron chi connectivity index (χ0n) is 21.2. The Morgan fingerprint density at radius 1 is 0.952 bits per heavy atom. The van der Waals surface area contributed by atoms with Gasteiger partial charge >= 0.3 is 7.82 Å². The van der Waals surface area contributed by atoms with Crippen molar-refractivity contribution in [1.29, 1.82) is 0 Å². The summed E-state index contributed by atoms with van der Waals surface area (Å²) in [7, 11) is -5.06. The molecule has 0 saturated carbocycles. The molecule has 22 heteroatoms. The minimum absolute atomic E-state index is 0.0830. The number of rotatable bonds is 8. The molecule has 1 unspecified atom stereocenters. The predicted octanol–water partition coefficient (Wildman–Crippen LogP) is -3.50. The number of nitrogens with one attached hydrogen (secondary N) is 1. The van der Waals surface area contributed by atoms with Crippen molar-refractivity contribution in [2.75, 3.05) is 24.7 Å². The number of aromatic nitrogens is 8. The van der Waals surface area contributed by atoms with Crippen LogP contribution in [0.3, 0.4) is 0 Å². The maximum absolute atomic E-state index is 13.0. The maximum atomic E-state index is 13.0. The number of phosphoric acid groups is 1. The largest absolute Gasteiger partial charge is 0.472 e. The number of nitrogens with zero attached hydrogens (tertiary/aromatic N) is 7. The second kappa shape index (κ2) is 10.6. The first-order chi connectivity index (χ1) is 20.0. The van der Waals surface area contributed by atoms with Crippen molar-refractivity contribution in [2.45, 2.75) is 49.1 Å². The highest BCUT2D eigenvalue weighted by Crippen LogP contribution is 2.50. The van der Waals surface area contributed by atoms with Crippen LogP contribution in [0.2, 0.25) is 0 Å². The molecule has 10 N–H and O–H groups in total. The standard InChI is InChI=1S/C20H25N10O11P/c21-14-8-15(24-3-23-14)29(4-25-8)18-12(34)10(32)7(40-18)2-38-42(36,37)41-13-11(33)6(1-31)39-19(13)30-5-26-9-16(30)27-20(22)28-17(9)35/h3-7,10-13,18-19,31-34H,1-2H2,(H,36,37)(H2,21,23,24)(H3,22,27,28,35)/t6-,7-,10+,11+,12-,13-,18+,19-/m1/s1. The van der Waals surface area contributed by atoms with Crippen LogP contribution >= 0.6 is 7.82 Å². The smallest absolute Gasteiger partial charge is 0.394 e. The second-order valence-corrected chi connectivity index (χ2v) is 10.9. The highest BCUT2D eigenvalue weighted by Gasteiger charge is 2.50. The minimum atomic E-state index is -5.06. The molecule has 0 aliphatic carbocycles. The molecule has 21 nitrogen and oxygen atoms in total. The van der Waals surface area contributed by atoms with Crippen LogP contribution in [0.15, 0.2) is 23.8 Å². The number of nitrogen functional groups attached to an aromatic ring is 2. The molecule has 0 bridgehead atoms. The molecule has 0 aromatic carbocycles. The van der Waals surface area contributed by atoms with Crippen molar-refractivity contribution in [3.63, 3.8) is 0 Å². The molecular formula is C20H25N10O11P. The van der Waals surface area contributed by atoms with E-state index in [1.54, 1.807) is 0 Å². The van der Waals surface area contributed by atoms with Crippen LogP contribution in [-0.4, -0.2) is 114 Å². The van der Waals surface area contributed by atoms with Gasteiger partial charge in [-0.1, -0.05) is 0 Å². The minimum Gasteiger partial charge on any atom is -0.394 e. The molecule has 2 saturated heterocycles. The third kappa shape index (κ3) is 4.80. The molecule has 42 heavy (non-hydrogen) atoms. The fourth-order valence-corrected chi connectivity index (χ4v) is 5.77. The number of aliphatic hydroxyl groups excluding tert-OH is 4. The fourth-order valence-electron chi connectivity index (χ4n) is 4.84. The number of imidazole rings is 2. The van der Waals surface area contributed by atoms with Gasteiger partial charge in [-0.3, -0.25) is 28.0 Å². The van der Waals surface area contributed by atoms with Crippen LogP contribution in [0.5, 0.6) is 0 Å². The first-order valence-corrected chi connectivity index (χ1v) is 13.8. The lowest BCUT2D eigenvalue weighted by Gasteiger charge is -2.24. The Kier molecular flexibility index (Phi) is 7.17. The molecule has 0 amide bonds. The summed E-state index contributed by atoms with van der Waals surface area (Å²) < 4.78 is 37.0. The number of ether oxygens (including phenoxy) is 2. The number of aliphatic hydroxyl groups is 4. The van der Waals surface area contributed by atoms with Gasteiger partial charge in [0, 0.05) is 0 Å². The van der Waals surface area contributed by atoms with Crippen molar-refractivity contribution < 1.29 is 48.4 Å². The monoisotopic (exact) mass is 612 g/mol. The molecule has 4 aromatic rings. The van der Waals surface area contributed by atoms with Crippen molar-refractivity contribution in [3.05, 3.63) is 29.3 Å². The van der Waals surface area contributed by atoms with Gasteiger partial charge in [-0.2, -0.15) is 4.98 Å². The Balaban J connectivity index is 1.19. The Hall–Kier alpha value is -3.63. The van der Waals surface area contributed by atoms with E-state index in [0.717, 1.165) is 10.9 Å². The topological polar surface area (TPSA) is 314 Å². The summed E-state index contributed by atoms with van der Waals surface area (Å²) in [5.41, 5.74) is 11.0. The highest BCUT2D eigenvalue weighted by atomic mass is 31.2. The van der Waals surface area contributed by atoms with Gasteiger partial charge < -0.3 is 46.3 Å². The molecule has 226 valence electrons. The summed E-state index contributed by atoms with van der Waals surface area (Å²) in [6.45, 7) is -1.44. The van der Waals surface area contributed by atoms with Crippen LogP contribution in [0, 0.1) is 0 Å². The molecule has 0 spiro atoms. The third-order valence-corrected chi connectivity index (χ3v) is 7.86. The summed E-state index contributed by atoms with van der Waals surface area (Å²) in [6, 6.07) is 0. The van der Waals surface area contributed by atoms with Gasteiger partial charge in [-0.05, 0) is 0 Å². The molecule has 6 heterocycles. The molecule has 6 rings (SSSR count). The predicted molar refractivity (Wildman–Crippen MR) is 136 cm³/mol. The lowest BCUT2D eigenvalue weighted by atomic mass is 10.1. The van der Waals surface area contributed by atoms with Gasteiger partial charge in [0.1, 0.15) is 48.5 Å². The SMILES string of the molecule is Nc1nc2c(ncn2[C@@H]2O[C@H](CO)[C@H](O)[C@H]2OP(=O)(O)OC[C@H]2O[C@H](n3cnc4c(N)ncnc43)[C@H](O)[C@H]2O)c(=O)[nH]1. The number of phosphoric ester groups is 1. The molecule has 2 fully saturated rings. The van der Waals surface area contributed by atoms with Crippen molar-refractivity contribution in [1.82, 2.24) is 39.0 Å². The normalized spacial score (nSPS) is 31.3. The van der Waals surface area contributed by atoms with Crippen LogP contribution in [-0.2, 0) is 23.1 Å². The number of H-pyrrole nitrogens is 1. The number of anilines is 2. The lowest BCUT2D eigenvalue weighted by Crippen LogP contribution is -2.36. The van der Waals surface area contributed by atoms with E-state index in [2.05, 4.69) is 29.9 Å². The number of hydrogen-bond donors (Lipinski definition) is 8. The van der Waals surface area contributed by atoms with Crippen molar-refractivity contribution >= 4 is 41.9 Å². The zero-order chi connectivity index (χ0) is 29.9. The van der Waals surface area contributed by atoms with Crippen LogP contribution in [0.4, 0.5) is 11.8 Å². The van der Waals surface area contributed by atoms with Crippen LogP contribution < -0.4 is 17.0 Å². The molecule has 2 aliphatic rings. The Morgan fingerprint density at radius 3 is 2.38 bits per heavy atom. The summed E-state index contributed by atoms with van der Waals surface area (Å²) >= 11 is 0. The summed E-state index contributed by atoms with van der Waals surface area (Å²) in [4.78, 5) is 44.9. The first kappa shape index (κ1) is 28.5. The van der Waals surface area contributed by atoms with Gasteiger partial charge in [0.2, 0.25) is 5.95 Å². The number of aromatic amines is 1. The molecule has 9 atom stereocenters. The second-order valence-electron chi connectivity index (χ2n) is 9.48. The van der Waals surface area contributed by atoms with Gasteiger partial charge in [0.15, 0.2) is 35.1 Å². The van der Waals surface area contributed by atoms with Gasteiger partial charge in [-0.25, -0.2) is 24.5 Å². The van der Waals surface area contributed by atoms with E-state index < -0.39 is 75.7 Å². The Labute approximate surface area is 232 Å². The van der Waals surface area contributed by atoms with Crippen molar-refractivity contribution in [2.24, 2.45) is 0 Å². The summed E-state index contributed by atoms with van der Waals surface area (Å²) in [5, 5.41) is 41.5. The number of hydrogen-bond acceptors (Lipinski definition) is 17. The van der Waals surface area contributed by atoms with Gasteiger partial charge in [0.25, 0.3) is 5.56 Å². The Bertz CT molecular complexity index is 1730. The van der Waals surface area contributed by atoms with E-state index in [9.17, 15) is 34.7 Å². The molecule has 2 aliphatic heterocycles. The van der Waals surface area contributed by atoms with E-state index in [1.165, 1.54) is 17.2 Å². The van der Waals surface area contributed by atoms with E-state index in [-0.39, 0.29) is 34.1 Å². The Morgan fingerprint density at radius 2 is 1.64 bits per heavy atom. The van der Waals surface area contributed by atoms with E-state index in [4.69, 9.17) is 30.0 Å². The van der Waals surface area contributed by atoms with Crippen LogP contribution in [0.25, 0.3) is 22.3 Å². The van der Waals surface area contributed by atoms with Crippen LogP contribution in [0.1, 0.15) is 12.5 Å². The van der Waals surface area contributed by atoms with Gasteiger partial charge in [-0.15, -0.1) is 0 Å². The number of fused-ring (bicyclic) bond motifs is 2.